The molecule has 18 heavy (non-hydrogen) atoms. The lowest BCUT2D eigenvalue weighted by Gasteiger charge is -2.37. The normalized spacial score (nSPS) is 25.5. The largest absolute Gasteiger partial charge is 0.479 e. The Kier molecular flexibility index (Phi) is 5.14. The second kappa shape index (κ2) is 6.18. The summed E-state index contributed by atoms with van der Waals surface area (Å²) in [6.45, 7) is 6.22. The predicted octanol–water partition coefficient (Wildman–Crippen LogP) is 1.18. The van der Waals surface area contributed by atoms with Crippen molar-refractivity contribution in [1.29, 1.82) is 0 Å². The number of nitrogens with zero attached hydrogens (tertiary/aromatic N) is 2. The van der Waals surface area contributed by atoms with Crippen LogP contribution in [0.3, 0.4) is 0 Å². The fourth-order valence-electron chi connectivity index (χ4n) is 2.71. The van der Waals surface area contributed by atoms with Crippen molar-refractivity contribution in [2.45, 2.75) is 45.1 Å². The maximum atomic E-state index is 11.6. The first-order chi connectivity index (χ1) is 8.44. The zero-order chi connectivity index (χ0) is 13.8. The molecule has 0 aromatic heterocycles. The van der Waals surface area contributed by atoms with Gasteiger partial charge in [-0.15, -0.1) is 0 Å². The van der Waals surface area contributed by atoms with Gasteiger partial charge in [-0.2, -0.15) is 0 Å². The van der Waals surface area contributed by atoms with Crippen LogP contribution in [0.25, 0.3) is 0 Å². The Bertz CT molecular complexity index is 319. The lowest BCUT2D eigenvalue weighted by molar-refractivity contribution is -0.158. The van der Waals surface area contributed by atoms with E-state index < -0.39 is 11.5 Å². The van der Waals surface area contributed by atoms with Crippen LogP contribution in [-0.4, -0.2) is 59.0 Å². The van der Waals surface area contributed by atoms with Crippen LogP contribution in [0.4, 0.5) is 0 Å². The fourth-order valence-corrected chi connectivity index (χ4v) is 2.71. The molecule has 0 spiro atoms. The number of likely N-dealkylation sites (tertiary alicyclic amines) is 1. The molecule has 0 saturated carbocycles. The predicted molar refractivity (Wildman–Crippen MR) is 69.4 cm³/mol. The van der Waals surface area contributed by atoms with Gasteiger partial charge in [-0.25, -0.2) is 4.79 Å². The minimum atomic E-state index is -1.02. The molecule has 1 fully saturated rings. The molecular formula is C13H24N2O3. The van der Waals surface area contributed by atoms with Crippen molar-refractivity contribution in [2.75, 3.05) is 26.7 Å². The van der Waals surface area contributed by atoms with Crippen molar-refractivity contribution in [3.63, 3.8) is 0 Å². The molecular weight excluding hydrogens is 232 g/mol. The average Bonchev–Trinajstić information content (AvgIpc) is 2.52. The van der Waals surface area contributed by atoms with E-state index in [1.807, 2.05) is 0 Å². The van der Waals surface area contributed by atoms with Crippen LogP contribution in [0.1, 0.15) is 39.5 Å². The quantitative estimate of drug-likeness (QED) is 0.820. The third kappa shape index (κ3) is 3.02. The number of rotatable bonds is 4. The van der Waals surface area contributed by atoms with E-state index in [0.29, 0.717) is 12.8 Å². The molecule has 1 heterocycles. The summed E-state index contributed by atoms with van der Waals surface area (Å²) in [5.41, 5.74) is -1.02. The summed E-state index contributed by atoms with van der Waals surface area (Å²) in [4.78, 5) is 26.8. The molecule has 5 heteroatoms. The fraction of sp³-hybridized carbons (Fsp3) is 0.846. The van der Waals surface area contributed by atoms with E-state index in [1.54, 1.807) is 7.05 Å². The summed E-state index contributed by atoms with van der Waals surface area (Å²) in [5.74, 6) is -1.06. The number of carboxylic acid groups (broad SMARTS) is 1. The zero-order valence-corrected chi connectivity index (χ0v) is 11.6. The van der Waals surface area contributed by atoms with Crippen LogP contribution >= 0.6 is 0 Å². The molecule has 1 amide bonds. The van der Waals surface area contributed by atoms with E-state index in [1.165, 1.54) is 11.8 Å². The number of carbonyl (C=O) groups excluding carboxylic acids is 1. The monoisotopic (exact) mass is 256 g/mol. The minimum absolute atomic E-state index is 0.179. The maximum absolute atomic E-state index is 11.6. The van der Waals surface area contributed by atoms with Crippen molar-refractivity contribution in [2.24, 2.45) is 0 Å². The van der Waals surface area contributed by atoms with Gasteiger partial charge in [0.2, 0.25) is 5.91 Å². The summed E-state index contributed by atoms with van der Waals surface area (Å²) >= 11 is 0. The van der Waals surface area contributed by atoms with E-state index >= 15 is 0 Å². The van der Waals surface area contributed by atoms with Crippen LogP contribution in [0.2, 0.25) is 0 Å². The van der Waals surface area contributed by atoms with Gasteiger partial charge < -0.3 is 14.9 Å². The highest BCUT2D eigenvalue weighted by atomic mass is 16.4. The molecule has 1 aliphatic heterocycles. The Morgan fingerprint density at radius 3 is 2.50 bits per heavy atom. The highest BCUT2D eigenvalue weighted by Crippen LogP contribution is 2.28. The first-order valence-corrected chi connectivity index (χ1v) is 6.64. The molecule has 0 aromatic rings. The molecule has 0 aliphatic carbocycles. The summed E-state index contributed by atoms with van der Waals surface area (Å²) in [6, 6.07) is 0. The van der Waals surface area contributed by atoms with Gasteiger partial charge in [-0.05, 0) is 38.8 Å². The Morgan fingerprint density at radius 1 is 1.33 bits per heavy atom. The number of likely N-dealkylation sites (N-methyl/N-ethyl adjacent to an activating group) is 1. The highest BCUT2D eigenvalue weighted by Gasteiger charge is 2.44. The van der Waals surface area contributed by atoms with Gasteiger partial charge in [-0.3, -0.25) is 4.79 Å². The highest BCUT2D eigenvalue weighted by molar-refractivity contribution is 5.86. The van der Waals surface area contributed by atoms with Gasteiger partial charge in [0.25, 0.3) is 0 Å². The summed E-state index contributed by atoms with van der Waals surface area (Å²) < 4.78 is 0. The topological polar surface area (TPSA) is 60.9 Å². The number of amides is 1. The minimum Gasteiger partial charge on any atom is -0.479 e. The van der Waals surface area contributed by atoms with E-state index in [-0.39, 0.29) is 5.91 Å². The van der Waals surface area contributed by atoms with Gasteiger partial charge >= 0.3 is 5.97 Å². The van der Waals surface area contributed by atoms with Gasteiger partial charge in [-0.1, -0.05) is 6.92 Å². The second-order valence-electron chi connectivity index (χ2n) is 5.11. The lowest BCUT2D eigenvalue weighted by Crippen LogP contribution is -2.55. The Balaban J connectivity index is 2.86. The number of aliphatic carboxylic acids is 1. The molecule has 1 atom stereocenters. The molecule has 104 valence electrons. The molecule has 0 radical (unpaired) electrons. The third-order valence-electron chi connectivity index (χ3n) is 3.96. The molecule has 1 aliphatic rings. The van der Waals surface area contributed by atoms with E-state index in [9.17, 15) is 14.7 Å². The van der Waals surface area contributed by atoms with Crippen molar-refractivity contribution in [3.8, 4) is 0 Å². The number of carboxylic acids is 1. The molecule has 1 unspecified atom stereocenters. The number of hydrogen-bond acceptors (Lipinski definition) is 3. The van der Waals surface area contributed by atoms with Gasteiger partial charge in [0.15, 0.2) is 0 Å². The zero-order valence-electron chi connectivity index (χ0n) is 11.6. The molecule has 1 saturated heterocycles. The van der Waals surface area contributed by atoms with E-state index in [4.69, 9.17) is 0 Å². The van der Waals surface area contributed by atoms with Crippen LogP contribution in [0.15, 0.2) is 0 Å². The van der Waals surface area contributed by atoms with Gasteiger partial charge in [0.1, 0.15) is 5.54 Å². The van der Waals surface area contributed by atoms with Crippen molar-refractivity contribution in [3.05, 3.63) is 0 Å². The Morgan fingerprint density at radius 2 is 2.00 bits per heavy atom. The van der Waals surface area contributed by atoms with Crippen LogP contribution in [0.5, 0.6) is 0 Å². The second-order valence-corrected chi connectivity index (χ2v) is 5.11. The summed E-state index contributed by atoms with van der Waals surface area (Å²) in [7, 11) is 1.60. The molecule has 5 nitrogen and oxygen atoms in total. The third-order valence-corrected chi connectivity index (χ3v) is 3.96. The van der Waals surface area contributed by atoms with Crippen LogP contribution in [0, 0.1) is 0 Å². The van der Waals surface area contributed by atoms with E-state index in [2.05, 4.69) is 11.8 Å². The molecule has 0 bridgehead atoms. The van der Waals surface area contributed by atoms with Crippen LogP contribution < -0.4 is 0 Å². The Hall–Kier alpha value is -1.10. The van der Waals surface area contributed by atoms with Gasteiger partial charge in [0.05, 0.1) is 0 Å². The molecule has 1 rings (SSSR count). The summed E-state index contributed by atoms with van der Waals surface area (Å²) in [5, 5.41) is 9.54. The molecule has 0 aromatic carbocycles. The average molecular weight is 256 g/mol. The maximum Gasteiger partial charge on any atom is 0.329 e. The molecule has 1 N–H and O–H groups in total. The van der Waals surface area contributed by atoms with Crippen molar-refractivity contribution in [1.82, 2.24) is 9.80 Å². The summed E-state index contributed by atoms with van der Waals surface area (Å²) in [6.07, 6.45) is 2.95. The number of hydrogen-bond donors (Lipinski definition) is 1. The standard InChI is InChI=1S/C13H24N2O3/c1-4-8-15-9-5-6-13(7-10-15,12(17)18)14(3)11(2)16/h4-10H2,1-3H3,(H,17,18). The lowest BCUT2D eigenvalue weighted by atomic mass is 9.89. The van der Waals surface area contributed by atoms with Crippen molar-refractivity contribution >= 4 is 11.9 Å². The van der Waals surface area contributed by atoms with Gasteiger partial charge in [0, 0.05) is 20.5 Å². The Labute approximate surface area is 109 Å². The SMILES string of the molecule is CCCN1CCCC(C(=O)O)(N(C)C(C)=O)CC1. The number of carbonyl (C=O) groups is 2. The first kappa shape index (κ1) is 15.0. The smallest absolute Gasteiger partial charge is 0.329 e. The van der Waals surface area contributed by atoms with Crippen molar-refractivity contribution < 1.29 is 14.7 Å². The van der Waals surface area contributed by atoms with Crippen LogP contribution in [-0.2, 0) is 9.59 Å². The van der Waals surface area contributed by atoms with E-state index in [0.717, 1.165) is 32.5 Å². The first-order valence-electron chi connectivity index (χ1n) is 6.64.